The molecule has 2 rings (SSSR count). The number of benzene rings is 2. The fraction of sp³-hybridized carbons (Fsp3) is 0.0588. The summed E-state index contributed by atoms with van der Waals surface area (Å²) in [5.74, 6) is -0.502. The third-order valence-corrected chi connectivity index (χ3v) is 2.95. The predicted octanol–water partition coefficient (Wildman–Crippen LogP) is 3.41. The Kier molecular flexibility index (Phi) is 5.35. The van der Waals surface area contributed by atoms with Crippen LogP contribution in [0, 0.1) is 10.1 Å². The van der Waals surface area contributed by atoms with Gasteiger partial charge in [0.25, 0.3) is 11.6 Å². The van der Waals surface area contributed by atoms with Gasteiger partial charge in [-0.15, -0.1) is 0 Å². The molecule has 0 aliphatic heterocycles. The first-order chi connectivity index (χ1) is 11.1. The molecule has 0 fully saturated rings. The molecule has 23 heavy (non-hydrogen) atoms. The Labute approximate surface area is 133 Å². The van der Waals surface area contributed by atoms with E-state index in [9.17, 15) is 14.9 Å². The third kappa shape index (κ3) is 4.89. The normalized spacial score (nSPS) is 11.4. The van der Waals surface area contributed by atoms with Gasteiger partial charge >= 0.3 is 0 Å². The number of amides is 1. The van der Waals surface area contributed by atoms with Gasteiger partial charge in [0, 0.05) is 17.7 Å². The van der Waals surface area contributed by atoms with Crippen molar-refractivity contribution < 1.29 is 9.72 Å². The summed E-state index contributed by atoms with van der Waals surface area (Å²) in [6, 6.07) is 15.2. The number of carbonyl (C=O) groups excluding carboxylic acids is 1. The van der Waals surface area contributed by atoms with Crippen molar-refractivity contribution in [2.24, 2.45) is 5.10 Å². The largest absolute Gasteiger partial charge is 0.271 e. The molecule has 1 amide bonds. The summed E-state index contributed by atoms with van der Waals surface area (Å²) in [7, 11) is 0. The van der Waals surface area contributed by atoms with Gasteiger partial charge in [0.2, 0.25) is 0 Å². The van der Waals surface area contributed by atoms with E-state index in [1.54, 1.807) is 0 Å². The van der Waals surface area contributed by atoms with Crippen molar-refractivity contribution in [3.8, 4) is 0 Å². The first kappa shape index (κ1) is 16.1. The molecule has 0 aliphatic rings. The standard InChI is InChI=1S/C17H15N3O3/c1-13(10-14-6-3-2-4-7-14)12-18-19-17(21)15-8-5-9-16(11-15)20(22)23/h2-12H,1H3,(H,19,21)/b13-10-,18-12+. The molecule has 2 aromatic rings. The number of carbonyl (C=O) groups is 1. The summed E-state index contributed by atoms with van der Waals surface area (Å²) >= 11 is 0. The van der Waals surface area contributed by atoms with E-state index in [0.29, 0.717) is 0 Å². The van der Waals surface area contributed by atoms with Gasteiger partial charge < -0.3 is 0 Å². The molecule has 0 atom stereocenters. The van der Waals surface area contributed by atoms with Crippen LogP contribution in [-0.4, -0.2) is 17.0 Å². The van der Waals surface area contributed by atoms with Crippen LogP contribution in [0.5, 0.6) is 0 Å². The zero-order chi connectivity index (χ0) is 16.7. The number of hydrazone groups is 1. The van der Waals surface area contributed by atoms with Gasteiger partial charge in [-0.05, 0) is 24.1 Å². The maximum Gasteiger partial charge on any atom is 0.271 e. The lowest BCUT2D eigenvalue weighted by molar-refractivity contribution is -0.384. The number of nitrogens with one attached hydrogen (secondary N) is 1. The maximum atomic E-state index is 11.9. The molecule has 0 heterocycles. The first-order valence-electron chi connectivity index (χ1n) is 6.87. The highest BCUT2D eigenvalue weighted by molar-refractivity contribution is 5.95. The molecule has 0 saturated heterocycles. The molecular formula is C17H15N3O3. The van der Waals surface area contributed by atoms with Gasteiger partial charge in [0.15, 0.2) is 0 Å². The second-order valence-electron chi connectivity index (χ2n) is 4.81. The van der Waals surface area contributed by atoms with Crippen molar-refractivity contribution in [3.05, 3.63) is 81.4 Å². The summed E-state index contributed by atoms with van der Waals surface area (Å²) < 4.78 is 0. The van der Waals surface area contributed by atoms with Crippen LogP contribution in [0.25, 0.3) is 6.08 Å². The summed E-state index contributed by atoms with van der Waals surface area (Å²) in [6.45, 7) is 1.86. The highest BCUT2D eigenvalue weighted by atomic mass is 16.6. The van der Waals surface area contributed by atoms with Gasteiger partial charge in [-0.1, -0.05) is 42.5 Å². The van der Waals surface area contributed by atoms with E-state index >= 15 is 0 Å². The Morgan fingerprint density at radius 3 is 2.61 bits per heavy atom. The number of rotatable bonds is 5. The zero-order valence-corrected chi connectivity index (χ0v) is 12.5. The minimum absolute atomic E-state index is 0.137. The summed E-state index contributed by atoms with van der Waals surface area (Å²) in [5.41, 5.74) is 4.28. The van der Waals surface area contributed by atoms with E-state index in [1.165, 1.54) is 30.5 Å². The number of allylic oxidation sites excluding steroid dienone is 1. The van der Waals surface area contributed by atoms with E-state index in [-0.39, 0.29) is 11.3 Å². The first-order valence-corrected chi connectivity index (χ1v) is 6.87. The van der Waals surface area contributed by atoms with Crippen molar-refractivity contribution in [3.63, 3.8) is 0 Å². The fourth-order valence-electron chi connectivity index (χ4n) is 1.87. The third-order valence-electron chi connectivity index (χ3n) is 2.95. The van der Waals surface area contributed by atoms with E-state index in [2.05, 4.69) is 10.5 Å². The number of hydrogen-bond acceptors (Lipinski definition) is 4. The van der Waals surface area contributed by atoms with Crippen molar-refractivity contribution in [2.75, 3.05) is 0 Å². The molecular weight excluding hydrogens is 294 g/mol. The molecule has 0 aromatic heterocycles. The number of nitro benzene ring substituents is 1. The fourth-order valence-corrected chi connectivity index (χ4v) is 1.87. The number of non-ortho nitro benzene ring substituents is 1. The van der Waals surface area contributed by atoms with Crippen LogP contribution in [0.1, 0.15) is 22.8 Å². The minimum atomic E-state index is -0.549. The quantitative estimate of drug-likeness (QED) is 0.522. The topological polar surface area (TPSA) is 84.6 Å². The molecule has 116 valence electrons. The van der Waals surface area contributed by atoms with Crippen molar-refractivity contribution >= 4 is 23.9 Å². The van der Waals surface area contributed by atoms with E-state index in [0.717, 1.165) is 11.1 Å². The predicted molar refractivity (Wildman–Crippen MR) is 89.1 cm³/mol. The van der Waals surface area contributed by atoms with Crippen molar-refractivity contribution in [1.82, 2.24) is 5.43 Å². The Morgan fingerprint density at radius 2 is 1.91 bits per heavy atom. The number of nitro groups is 1. The van der Waals surface area contributed by atoms with Crippen LogP contribution < -0.4 is 5.43 Å². The summed E-state index contributed by atoms with van der Waals surface area (Å²) in [5, 5.41) is 14.5. The van der Waals surface area contributed by atoms with Crippen molar-refractivity contribution in [2.45, 2.75) is 6.92 Å². The lowest BCUT2D eigenvalue weighted by atomic mass is 10.1. The summed E-state index contributed by atoms with van der Waals surface area (Å²) in [4.78, 5) is 22.0. The number of nitrogens with zero attached hydrogens (tertiary/aromatic N) is 2. The van der Waals surface area contributed by atoms with Crippen LogP contribution in [0.15, 0.2) is 65.3 Å². The Bertz CT molecular complexity index is 768. The zero-order valence-electron chi connectivity index (χ0n) is 12.5. The smallest absolute Gasteiger partial charge is 0.267 e. The molecule has 0 radical (unpaired) electrons. The van der Waals surface area contributed by atoms with E-state index < -0.39 is 10.8 Å². The van der Waals surface area contributed by atoms with Crippen LogP contribution >= 0.6 is 0 Å². The van der Waals surface area contributed by atoms with Crippen molar-refractivity contribution in [1.29, 1.82) is 0 Å². The Morgan fingerprint density at radius 1 is 1.17 bits per heavy atom. The van der Waals surface area contributed by atoms with Gasteiger partial charge in [0.05, 0.1) is 11.1 Å². The van der Waals surface area contributed by atoms with Crippen LogP contribution in [0.3, 0.4) is 0 Å². The second kappa shape index (κ2) is 7.65. The van der Waals surface area contributed by atoms with Gasteiger partial charge in [-0.25, -0.2) is 5.43 Å². The molecule has 2 aromatic carbocycles. The lowest BCUT2D eigenvalue weighted by Gasteiger charge is -2.00. The molecule has 0 saturated carbocycles. The summed E-state index contributed by atoms with van der Waals surface area (Å²) in [6.07, 6.45) is 3.44. The number of hydrogen-bond donors (Lipinski definition) is 1. The van der Waals surface area contributed by atoms with E-state index in [4.69, 9.17) is 0 Å². The average Bonchev–Trinajstić information content (AvgIpc) is 2.55. The average molecular weight is 309 g/mol. The SMILES string of the molecule is CC(=C/c1ccccc1)/C=N/NC(=O)c1cccc([N+](=O)[O-])c1. The molecule has 0 aliphatic carbocycles. The molecule has 0 bridgehead atoms. The lowest BCUT2D eigenvalue weighted by Crippen LogP contribution is -2.17. The monoisotopic (exact) mass is 309 g/mol. The molecule has 0 unspecified atom stereocenters. The van der Waals surface area contributed by atoms with Crippen LogP contribution in [0.4, 0.5) is 5.69 Å². The van der Waals surface area contributed by atoms with Crippen LogP contribution in [0.2, 0.25) is 0 Å². The van der Waals surface area contributed by atoms with Crippen LogP contribution in [-0.2, 0) is 0 Å². The van der Waals surface area contributed by atoms with Gasteiger partial charge in [0.1, 0.15) is 0 Å². The molecule has 6 heteroatoms. The highest BCUT2D eigenvalue weighted by Gasteiger charge is 2.10. The van der Waals surface area contributed by atoms with E-state index in [1.807, 2.05) is 43.3 Å². The van der Waals surface area contributed by atoms with Gasteiger partial charge in [-0.3, -0.25) is 14.9 Å². The Balaban J connectivity index is 2.00. The Hall–Kier alpha value is -3.28. The van der Waals surface area contributed by atoms with Gasteiger partial charge in [-0.2, -0.15) is 5.10 Å². The second-order valence-corrected chi connectivity index (χ2v) is 4.81. The molecule has 0 spiro atoms. The highest BCUT2D eigenvalue weighted by Crippen LogP contribution is 2.12. The molecule has 1 N–H and O–H groups in total. The maximum absolute atomic E-state index is 11.9. The molecule has 6 nitrogen and oxygen atoms in total. The minimum Gasteiger partial charge on any atom is -0.267 e.